The zero-order valence-corrected chi connectivity index (χ0v) is 14.0. The molecule has 1 atom stereocenters. The molecule has 4 heteroatoms. The third kappa shape index (κ3) is 3.77. The van der Waals surface area contributed by atoms with Crippen LogP contribution in [0.3, 0.4) is 0 Å². The van der Waals surface area contributed by atoms with Crippen molar-refractivity contribution in [1.29, 1.82) is 0 Å². The van der Waals surface area contributed by atoms with Crippen LogP contribution in [-0.4, -0.2) is 19.3 Å². The fraction of sp³-hybridized carbons (Fsp3) is 0.294. The van der Waals surface area contributed by atoms with E-state index in [1.54, 1.807) is 14.2 Å². The highest BCUT2D eigenvalue weighted by Gasteiger charge is 2.14. The molecule has 1 unspecified atom stereocenters. The Morgan fingerprint density at radius 3 is 2.43 bits per heavy atom. The van der Waals surface area contributed by atoms with E-state index >= 15 is 0 Å². The number of ether oxygens (including phenoxy) is 2. The van der Waals surface area contributed by atoms with Crippen LogP contribution in [0.1, 0.15) is 22.8 Å². The van der Waals surface area contributed by atoms with Gasteiger partial charge >= 0.3 is 0 Å². The van der Waals surface area contributed by atoms with Crippen molar-refractivity contribution >= 4 is 15.9 Å². The van der Waals surface area contributed by atoms with E-state index < -0.39 is 6.10 Å². The number of hydrogen-bond donors (Lipinski definition) is 1. The molecule has 0 saturated heterocycles. The largest absolute Gasteiger partial charge is 0.496 e. The van der Waals surface area contributed by atoms with Crippen molar-refractivity contribution in [1.82, 2.24) is 0 Å². The van der Waals surface area contributed by atoms with E-state index in [9.17, 15) is 5.11 Å². The molecular weight excluding hydrogens is 332 g/mol. The Hall–Kier alpha value is -1.52. The van der Waals surface area contributed by atoms with E-state index in [-0.39, 0.29) is 0 Å². The smallest absolute Gasteiger partial charge is 0.122 e. The van der Waals surface area contributed by atoms with Gasteiger partial charge in [0.1, 0.15) is 11.5 Å². The summed E-state index contributed by atoms with van der Waals surface area (Å²) in [7, 11) is 3.27. The summed E-state index contributed by atoms with van der Waals surface area (Å²) in [5.41, 5.74) is 2.84. The van der Waals surface area contributed by atoms with Crippen molar-refractivity contribution in [3.8, 4) is 11.5 Å². The molecule has 0 bridgehead atoms. The molecule has 21 heavy (non-hydrogen) atoms. The lowest BCUT2D eigenvalue weighted by atomic mass is 9.99. The molecule has 0 fully saturated rings. The van der Waals surface area contributed by atoms with Gasteiger partial charge in [-0.05, 0) is 47.9 Å². The molecule has 1 N–H and O–H groups in total. The van der Waals surface area contributed by atoms with Crippen LogP contribution >= 0.6 is 15.9 Å². The van der Waals surface area contributed by atoms with E-state index in [1.807, 2.05) is 43.3 Å². The molecule has 0 aliphatic heterocycles. The zero-order valence-electron chi connectivity index (χ0n) is 12.4. The Kier molecular flexibility index (Phi) is 5.26. The van der Waals surface area contributed by atoms with E-state index in [4.69, 9.17) is 9.47 Å². The standard InChI is InChI=1S/C17H19BrO3/c1-11-4-5-12(10-17(11)21-3)15(19)9-13-8-14(18)6-7-16(13)20-2/h4-8,10,15,19H,9H2,1-3H3. The third-order valence-electron chi connectivity index (χ3n) is 3.47. The molecule has 0 heterocycles. The maximum Gasteiger partial charge on any atom is 0.122 e. The van der Waals surface area contributed by atoms with Crippen LogP contribution in [0.2, 0.25) is 0 Å². The number of methoxy groups -OCH3 is 2. The van der Waals surface area contributed by atoms with Gasteiger partial charge in [0.25, 0.3) is 0 Å². The predicted octanol–water partition coefficient (Wildman–Crippen LogP) is 4.05. The topological polar surface area (TPSA) is 38.7 Å². The number of aliphatic hydroxyl groups excluding tert-OH is 1. The third-order valence-corrected chi connectivity index (χ3v) is 3.97. The lowest BCUT2D eigenvalue weighted by Crippen LogP contribution is -2.04. The molecule has 2 aromatic rings. The highest BCUT2D eigenvalue weighted by Crippen LogP contribution is 2.30. The first kappa shape index (κ1) is 15.9. The molecule has 2 rings (SSSR count). The number of benzene rings is 2. The van der Waals surface area contributed by atoms with Gasteiger partial charge in [-0.15, -0.1) is 0 Å². The second-order valence-electron chi connectivity index (χ2n) is 4.91. The first-order chi connectivity index (χ1) is 10.0. The van der Waals surface area contributed by atoms with Gasteiger partial charge in [0.05, 0.1) is 20.3 Å². The molecule has 0 amide bonds. The van der Waals surface area contributed by atoms with Crippen LogP contribution in [0.4, 0.5) is 0 Å². The zero-order chi connectivity index (χ0) is 15.4. The van der Waals surface area contributed by atoms with Crippen LogP contribution in [0, 0.1) is 6.92 Å². The highest BCUT2D eigenvalue weighted by molar-refractivity contribution is 9.10. The van der Waals surface area contributed by atoms with Crippen LogP contribution in [0.15, 0.2) is 40.9 Å². The minimum atomic E-state index is -0.609. The van der Waals surface area contributed by atoms with Crippen molar-refractivity contribution in [3.05, 3.63) is 57.6 Å². The van der Waals surface area contributed by atoms with Gasteiger partial charge in [0, 0.05) is 10.9 Å². The van der Waals surface area contributed by atoms with Gasteiger partial charge in [-0.3, -0.25) is 0 Å². The van der Waals surface area contributed by atoms with E-state index in [1.165, 1.54) is 0 Å². The lowest BCUT2D eigenvalue weighted by molar-refractivity contribution is 0.177. The number of aryl methyl sites for hydroxylation is 1. The predicted molar refractivity (Wildman–Crippen MR) is 87.1 cm³/mol. The Labute approximate surface area is 133 Å². The van der Waals surface area contributed by atoms with Crippen LogP contribution in [0.25, 0.3) is 0 Å². The molecule has 112 valence electrons. The summed E-state index contributed by atoms with van der Waals surface area (Å²) in [5, 5.41) is 10.5. The molecule has 0 saturated carbocycles. The quantitative estimate of drug-likeness (QED) is 0.883. The highest BCUT2D eigenvalue weighted by atomic mass is 79.9. The Morgan fingerprint density at radius 1 is 1.05 bits per heavy atom. The summed E-state index contributed by atoms with van der Waals surface area (Å²) in [4.78, 5) is 0. The van der Waals surface area contributed by atoms with Gasteiger partial charge < -0.3 is 14.6 Å². The maximum atomic E-state index is 10.5. The monoisotopic (exact) mass is 350 g/mol. The second kappa shape index (κ2) is 6.96. The van der Waals surface area contributed by atoms with Crippen LogP contribution in [0.5, 0.6) is 11.5 Å². The fourth-order valence-electron chi connectivity index (χ4n) is 2.28. The Balaban J connectivity index is 2.25. The molecule has 0 aliphatic carbocycles. The maximum absolute atomic E-state index is 10.5. The number of aliphatic hydroxyl groups is 1. The molecule has 0 aromatic heterocycles. The molecule has 2 aromatic carbocycles. The minimum absolute atomic E-state index is 0.481. The van der Waals surface area contributed by atoms with Gasteiger partial charge in [-0.2, -0.15) is 0 Å². The normalized spacial score (nSPS) is 12.0. The fourth-order valence-corrected chi connectivity index (χ4v) is 2.69. The van der Waals surface area contributed by atoms with Crippen LogP contribution < -0.4 is 9.47 Å². The average molecular weight is 351 g/mol. The van der Waals surface area contributed by atoms with Crippen molar-refractivity contribution in [2.45, 2.75) is 19.4 Å². The van der Waals surface area contributed by atoms with Gasteiger partial charge in [-0.1, -0.05) is 28.1 Å². The minimum Gasteiger partial charge on any atom is -0.496 e. The summed E-state index contributed by atoms with van der Waals surface area (Å²) in [6.07, 6.45) is -0.128. The summed E-state index contributed by atoms with van der Waals surface area (Å²) < 4.78 is 11.6. The van der Waals surface area contributed by atoms with Crippen molar-refractivity contribution < 1.29 is 14.6 Å². The average Bonchev–Trinajstić information content (AvgIpc) is 2.48. The van der Waals surface area contributed by atoms with Crippen LogP contribution in [-0.2, 0) is 6.42 Å². The Bertz CT molecular complexity index is 625. The summed E-state index contributed by atoms with van der Waals surface area (Å²) in [5.74, 6) is 1.56. The Morgan fingerprint density at radius 2 is 1.76 bits per heavy atom. The van der Waals surface area contributed by atoms with Crippen molar-refractivity contribution in [3.63, 3.8) is 0 Å². The summed E-state index contributed by atoms with van der Waals surface area (Å²) in [6.45, 7) is 1.98. The molecule has 3 nitrogen and oxygen atoms in total. The molecular formula is C17H19BrO3. The van der Waals surface area contributed by atoms with Crippen molar-refractivity contribution in [2.75, 3.05) is 14.2 Å². The number of rotatable bonds is 5. The number of hydrogen-bond acceptors (Lipinski definition) is 3. The van der Waals surface area contributed by atoms with Gasteiger partial charge in [-0.25, -0.2) is 0 Å². The SMILES string of the molecule is COc1cc(C(O)Cc2cc(Br)ccc2OC)ccc1C. The van der Waals surface area contributed by atoms with Gasteiger partial charge in [0.15, 0.2) is 0 Å². The lowest BCUT2D eigenvalue weighted by Gasteiger charge is -2.15. The summed E-state index contributed by atoms with van der Waals surface area (Å²) in [6, 6.07) is 11.5. The van der Waals surface area contributed by atoms with E-state index in [0.29, 0.717) is 6.42 Å². The second-order valence-corrected chi connectivity index (χ2v) is 5.82. The first-order valence-corrected chi connectivity index (χ1v) is 7.49. The van der Waals surface area contributed by atoms with E-state index in [2.05, 4.69) is 15.9 Å². The molecule has 0 radical (unpaired) electrons. The molecule has 0 spiro atoms. The molecule has 0 aliphatic rings. The summed E-state index contributed by atoms with van der Waals surface area (Å²) >= 11 is 3.45. The van der Waals surface area contributed by atoms with Crippen molar-refractivity contribution in [2.24, 2.45) is 0 Å². The van der Waals surface area contributed by atoms with Gasteiger partial charge in [0.2, 0.25) is 0 Å². The number of halogens is 1. The first-order valence-electron chi connectivity index (χ1n) is 6.70. The van der Waals surface area contributed by atoms with E-state index in [0.717, 1.165) is 32.7 Å².